The third-order valence-electron chi connectivity index (χ3n) is 3.43. The second-order valence-electron chi connectivity index (χ2n) is 5.18. The number of carbonyl (C=O) groups is 1. The number of aryl methyl sites for hydroxylation is 2. The Morgan fingerprint density at radius 1 is 1.04 bits per heavy atom. The van der Waals surface area contributed by atoms with Crippen LogP contribution in [-0.2, 0) is 0 Å². The number of nitrogens with one attached hydrogen (secondary N) is 1. The molecule has 0 fully saturated rings. The van der Waals surface area contributed by atoms with E-state index >= 15 is 0 Å². The van der Waals surface area contributed by atoms with Crippen molar-refractivity contribution in [3.8, 4) is 11.3 Å². The maximum Gasteiger partial charge on any atom is 0.255 e. The smallest absolute Gasteiger partial charge is 0.255 e. The Kier molecular flexibility index (Phi) is 3.93. The van der Waals surface area contributed by atoms with Crippen LogP contribution in [0.4, 0.5) is 10.1 Å². The molecule has 0 saturated carbocycles. The Labute approximate surface area is 133 Å². The molecule has 0 aliphatic carbocycles. The van der Waals surface area contributed by atoms with E-state index in [0.29, 0.717) is 17.1 Å². The maximum atomic E-state index is 12.9. The summed E-state index contributed by atoms with van der Waals surface area (Å²) >= 11 is 0. The van der Waals surface area contributed by atoms with Gasteiger partial charge in [-0.15, -0.1) is 0 Å². The summed E-state index contributed by atoms with van der Waals surface area (Å²) in [6.07, 6.45) is 0. The summed E-state index contributed by atoms with van der Waals surface area (Å²) in [5.74, 6) is 0.715. The zero-order chi connectivity index (χ0) is 16.4. The van der Waals surface area contributed by atoms with E-state index in [0.717, 1.165) is 17.0 Å². The largest absolute Gasteiger partial charge is 0.446 e. The molecule has 1 amide bonds. The SMILES string of the molecule is Cc1nc(-c2ccc(NC(=O)c3ccc(F)cc3)cc2)c(C)o1. The lowest BCUT2D eigenvalue weighted by Crippen LogP contribution is -2.11. The van der Waals surface area contributed by atoms with Crippen molar-refractivity contribution < 1.29 is 13.6 Å². The number of amides is 1. The Hall–Kier alpha value is -2.95. The highest BCUT2D eigenvalue weighted by molar-refractivity contribution is 6.04. The standard InChI is InChI=1S/C18H15FN2O2/c1-11-17(20-12(2)23-11)13-5-9-16(10-6-13)21-18(22)14-3-7-15(19)8-4-14/h3-10H,1-2H3,(H,21,22). The van der Waals surface area contributed by atoms with Crippen LogP contribution in [0.15, 0.2) is 52.9 Å². The van der Waals surface area contributed by atoms with Gasteiger partial charge in [0.25, 0.3) is 5.91 Å². The minimum atomic E-state index is -0.371. The molecule has 3 rings (SSSR count). The first kappa shape index (κ1) is 15.0. The summed E-state index contributed by atoms with van der Waals surface area (Å²) in [6, 6.07) is 12.7. The van der Waals surface area contributed by atoms with E-state index in [1.54, 1.807) is 19.1 Å². The van der Waals surface area contributed by atoms with Crippen molar-refractivity contribution in [1.29, 1.82) is 0 Å². The monoisotopic (exact) mass is 310 g/mol. The van der Waals surface area contributed by atoms with Crippen LogP contribution in [0.1, 0.15) is 22.0 Å². The summed E-state index contributed by atoms with van der Waals surface area (Å²) in [7, 11) is 0. The van der Waals surface area contributed by atoms with E-state index in [9.17, 15) is 9.18 Å². The predicted octanol–water partition coefficient (Wildman–Crippen LogP) is 4.35. The first-order valence-corrected chi connectivity index (χ1v) is 7.14. The van der Waals surface area contributed by atoms with Gasteiger partial charge in [-0.05, 0) is 43.3 Å². The van der Waals surface area contributed by atoms with Crippen LogP contribution in [0.2, 0.25) is 0 Å². The van der Waals surface area contributed by atoms with Gasteiger partial charge in [-0.2, -0.15) is 0 Å². The van der Waals surface area contributed by atoms with Crippen LogP contribution >= 0.6 is 0 Å². The average molecular weight is 310 g/mol. The van der Waals surface area contributed by atoms with Crippen molar-refractivity contribution in [3.05, 3.63) is 71.6 Å². The fourth-order valence-corrected chi connectivity index (χ4v) is 2.31. The molecular formula is C18H15FN2O2. The summed E-state index contributed by atoms with van der Waals surface area (Å²) in [5, 5.41) is 2.77. The number of nitrogens with zero attached hydrogens (tertiary/aromatic N) is 1. The van der Waals surface area contributed by atoms with E-state index in [2.05, 4.69) is 10.3 Å². The molecule has 1 N–H and O–H groups in total. The van der Waals surface area contributed by atoms with Crippen LogP contribution in [0.5, 0.6) is 0 Å². The van der Waals surface area contributed by atoms with E-state index < -0.39 is 0 Å². The Morgan fingerprint density at radius 2 is 1.70 bits per heavy atom. The number of hydrogen-bond donors (Lipinski definition) is 1. The first-order valence-electron chi connectivity index (χ1n) is 7.14. The molecule has 2 aromatic carbocycles. The second kappa shape index (κ2) is 6.04. The molecule has 0 atom stereocenters. The van der Waals surface area contributed by atoms with Crippen molar-refractivity contribution in [1.82, 2.24) is 4.98 Å². The number of carbonyl (C=O) groups excluding carboxylic acids is 1. The molecule has 0 spiro atoms. The van der Waals surface area contributed by atoms with Gasteiger partial charge in [0.05, 0.1) is 0 Å². The van der Waals surface area contributed by atoms with Crippen molar-refractivity contribution in [2.75, 3.05) is 5.32 Å². The molecule has 3 aromatic rings. The van der Waals surface area contributed by atoms with Crippen LogP contribution in [-0.4, -0.2) is 10.9 Å². The minimum absolute atomic E-state index is 0.286. The minimum Gasteiger partial charge on any atom is -0.446 e. The van der Waals surface area contributed by atoms with Gasteiger partial charge in [-0.25, -0.2) is 9.37 Å². The fourth-order valence-electron chi connectivity index (χ4n) is 2.31. The van der Waals surface area contributed by atoms with Crippen molar-refractivity contribution >= 4 is 11.6 Å². The highest BCUT2D eigenvalue weighted by atomic mass is 19.1. The molecule has 0 saturated heterocycles. The van der Waals surface area contributed by atoms with Gasteiger partial charge in [0.15, 0.2) is 5.89 Å². The summed E-state index contributed by atoms with van der Waals surface area (Å²) in [5.41, 5.74) is 2.76. The second-order valence-corrected chi connectivity index (χ2v) is 5.18. The average Bonchev–Trinajstić information content (AvgIpc) is 2.87. The van der Waals surface area contributed by atoms with Crippen LogP contribution in [0, 0.1) is 19.7 Å². The highest BCUT2D eigenvalue weighted by Gasteiger charge is 2.10. The lowest BCUT2D eigenvalue weighted by Gasteiger charge is -2.06. The molecule has 116 valence electrons. The molecule has 1 heterocycles. The number of anilines is 1. The number of halogens is 1. The molecular weight excluding hydrogens is 295 g/mol. The quantitative estimate of drug-likeness (QED) is 0.782. The van der Waals surface area contributed by atoms with E-state index in [1.165, 1.54) is 24.3 Å². The Balaban J connectivity index is 1.76. The normalized spacial score (nSPS) is 10.6. The van der Waals surface area contributed by atoms with Crippen molar-refractivity contribution in [3.63, 3.8) is 0 Å². The van der Waals surface area contributed by atoms with Crippen LogP contribution < -0.4 is 5.32 Å². The van der Waals surface area contributed by atoms with Gasteiger partial charge in [0.1, 0.15) is 17.3 Å². The van der Waals surface area contributed by atoms with Gasteiger partial charge >= 0.3 is 0 Å². The molecule has 0 unspecified atom stereocenters. The number of hydrogen-bond acceptors (Lipinski definition) is 3. The summed E-state index contributed by atoms with van der Waals surface area (Å²) in [4.78, 5) is 16.4. The topological polar surface area (TPSA) is 55.1 Å². The summed E-state index contributed by atoms with van der Waals surface area (Å²) < 4.78 is 18.3. The Morgan fingerprint density at radius 3 is 2.26 bits per heavy atom. The molecule has 0 radical (unpaired) electrons. The highest BCUT2D eigenvalue weighted by Crippen LogP contribution is 2.24. The molecule has 4 nitrogen and oxygen atoms in total. The van der Waals surface area contributed by atoms with Gasteiger partial charge < -0.3 is 9.73 Å². The third kappa shape index (κ3) is 3.29. The lowest BCUT2D eigenvalue weighted by molar-refractivity contribution is 0.102. The molecule has 0 aliphatic heterocycles. The molecule has 0 bridgehead atoms. The number of oxazole rings is 1. The Bertz CT molecular complexity index is 836. The molecule has 5 heteroatoms. The third-order valence-corrected chi connectivity index (χ3v) is 3.43. The van der Waals surface area contributed by atoms with E-state index in [4.69, 9.17) is 4.42 Å². The number of rotatable bonds is 3. The van der Waals surface area contributed by atoms with Crippen LogP contribution in [0.25, 0.3) is 11.3 Å². The van der Waals surface area contributed by atoms with Crippen LogP contribution in [0.3, 0.4) is 0 Å². The van der Waals surface area contributed by atoms with Gasteiger partial charge in [-0.1, -0.05) is 12.1 Å². The summed E-state index contributed by atoms with van der Waals surface area (Å²) in [6.45, 7) is 3.66. The first-order chi connectivity index (χ1) is 11.0. The molecule has 0 aliphatic rings. The van der Waals surface area contributed by atoms with E-state index in [1.807, 2.05) is 19.1 Å². The van der Waals surface area contributed by atoms with E-state index in [-0.39, 0.29) is 11.7 Å². The zero-order valence-corrected chi connectivity index (χ0v) is 12.8. The van der Waals surface area contributed by atoms with Gasteiger partial charge in [-0.3, -0.25) is 4.79 Å². The van der Waals surface area contributed by atoms with Crippen molar-refractivity contribution in [2.45, 2.75) is 13.8 Å². The molecule has 23 heavy (non-hydrogen) atoms. The number of aromatic nitrogens is 1. The fraction of sp³-hybridized carbons (Fsp3) is 0.111. The van der Waals surface area contributed by atoms with Crippen molar-refractivity contribution in [2.24, 2.45) is 0 Å². The zero-order valence-electron chi connectivity index (χ0n) is 12.8. The van der Waals surface area contributed by atoms with Gasteiger partial charge in [0.2, 0.25) is 0 Å². The number of benzene rings is 2. The van der Waals surface area contributed by atoms with Gasteiger partial charge in [0, 0.05) is 23.7 Å². The lowest BCUT2D eigenvalue weighted by atomic mass is 10.1. The predicted molar refractivity (Wildman–Crippen MR) is 85.8 cm³/mol. The molecule has 1 aromatic heterocycles. The maximum absolute atomic E-state index is 12.9.